The summed E-state index contributed by atoms with van der Waals surface area (Å²) < 4.78 is 5.59. The van der Waals surface area contributed by atoms with E-state index in [9.17, 15) is 9.59 Å². The lowest BCUT2D eigenvalue weighted by molar-refractivity contribution is -0.122. The van der Waals surface area contributed by atoms with Gasteiger partial charge in [0.15, 0.2) is 0 Å². The fourth-order valence-corrected chi connectivity index (χ4v) is 2.40. The molecule has 0 aliphatic rings. The standard InChI is InChI=1S/C16H23ClN2O4/c1-5-14(20)19-16(3,4)12-8-11(6-7-13(12)17)23-9-10(2)18-15(21)22/h6-8,10,18H,5,9H2,1-4H3,(H,19,20)(H,21,22)/t10-/m0/s1. The quantitative estimate of drug-likeness (QED) is 0.710. The third-order valence-corrected chi connectivity index (χ3v) is 3.58. The number of hydrogen-bond donors (Lipinski definition) is 3. The van der Waals surface area contributed by atoms with Crippen LogP contribution in [-0.2, 0) is 10.3 Å². The minimum Gasteiger partial charge on any atom is -0.491 e. The summed E-state index contributed by atoms with van der Waals surface area (Å²) in [5.74, 6) is 0.485. The molecule has 1 atom stereocenters. The van der Waals surface area contributed by atoms with E-state index in [-0.39, 0.29) is 18.6 Å². The highest BCUT2D eigenvalue weighted by Gasteiger charge is 2.25. The lowest BCUT2D eigenvalue weighted by Crippen LogP contribution is -2.40. The number of amides is 2. The molecule has 128 valence electrons. The number of nitrogens with one attached hydrogen (secondary N) is 2. The Morgan fingerprint density at radius 2 is 2.04 bits per heavy atom. The molecule has 0 bridgehead atoms. The molecule has 6 nitrogen and oxygen atoms in total. The van der Waals surface area contributed by atoms with E-state index in [1.807, 2.05) is 13.8 Å². The number of carbonyl (C=O) groups excluding carboxylic acids is 1. The Morgan fingerprint density at radius 1 is 1.39 bits per heavy atom. The van der Waals surface area contributed by atoms with Crippen LogP contribution < -0.4 is 15.4 Å². The highest BCUT2D eigenvalue weighted by molar-refractivity contribution is 6.31. The molecule has 23 heavy (non-hydrogen) atoms. The topological polar surface area (TPSA) is 87.7 Å². The molecule has 3 N–H and O–H groups in total. The van der Waals surface area contributed by atoms with Gasteiger partial charge >= 0.3 is 6.09 Å². The Labute approximate surface area is 141 Å². The average Bonchev–Trinajstić information content (AvgIpc) is 2.44. The van der Waals surface area contributed by atoms with Crippen LogP contribution in [0.3, 0.4) is 0 Å². The van der Waals surface area contributed by atoms with Crippen LogP contribution >= 0.6 is 11.6 Å². The molecule has 0 aliphatic heterocycles. The summed E-state index contributed by atoms with van der Waals surface area (Å²) in [6.45, 7) is 7.40. The van der Waals surface area contributed by atoms with Crippen molar-refractivity contribution in [1.82, 2.24) is 10.6 Å². The van der Waals surface area contributed by atoms with Crippen LogP contribution in [0.2, 0.25) is 5.02 Å². The number of carboxylic acid groups (broad SMARTS) is 1. The largest absolute Gasteiger partial charge is 0.491 e. The van der Waals surface area contributed by atoms with E-state index in [2.05, 4.69) is 10.6 Å². The minimum atomic E-state index is -1.10. The third-order valence-electron chi connectivity index (χ3n) is 3.25. The fraction of sp³-hybridized carbons (Fsp3) is 0.500. The molecule has 0 aromatic heterocycles. The lowest BCUT2D eigenvalue weighted by atomic mass is 9.93. The van der Waals surface area contributed by atoms with E-state index in [4.69, 9.17) is 21.4 Å². The SMILES string of the molecule is CCC(=O)NC(C)(C)c1cc(OC[C@H](C)NC(=O)O)ccc1Cl. The van der Waals surface area contributed by atoms with Gasteiger partial charge in [-0.25, -0.2) is 4.79 Å². The Balaban J connectivity index is 2.86. The first kappa shape index (κ1) is 19.1. The molecule has 0 saturated heterocycles. The summed E-state index contributed by atoms with van der Waals surface area (Å²) >= 11 is 6.24. The number of hydrogen-bond acceptors (Lipinski definition) is 3. The molecule has 1 aromatic rings. The smallest absolute Gasteiger partial charge is 0.404 e. The highest BCUT2D eigenvalue weighted by atomic mass is 35.5. The van der Waals surface area contributed by atoms with Crippen LogP contribution in [0.4, 0.5) is 4.79 Å². The van der Waals surface area contributed by atoms with E-state index < -0.39 is 11.6 Å². The zero-order valence-electron chi connectivity index (χ0n) is 13.8. The van der Waals surface area contributed by atoms with Gasteiger partial charge in [-0.2, -0.15) is 0 Å². The summed E-state index contributed by atoms with van der Waals surface area (Å²) in [6, 6.07) is 4.81. The second-order valence-corrected chi connectivity index (χ2v) is 6.24. The van der Waals surface area contributed by atoms with Crippen molar-refractivity contribution in [3.8, 4) is 5.75 Å². The van der Waals surface area contributed by atoms with Gasteiger partial charge in [0.1, 0.15) is 12.4 Å². The van der Waals surface area contributed by atoms with Gasteiger partial charge in [-0.1, -0.05) is 18.5 Å². The van der Waals surface area contributed by atoms with Crippen LogP contribution in [0, 0.1) is 0 Å². The molecule has 0 spiro atoms. The molecule has 7 heteroatoms. The van der Waals surface area contributed by atoms with Crippen LogP contribution in [0.25, 0.3) is 0 Å². The van der Waals surface area contributed by atoms with Crippen molar-refractivity contribution in [3.63, 3.8) is 0 Å². The first-order valence-electron chi connectivity index (χ1n) is 7.39. The van der Waals surface area contributed by atoms with Gasteiger partial charge in [-0.15, -0.1) is 0 Å². The summed E-state index contributed by atoms with van der Waals surface area (Å²) in [5.41, 5.74) is 0.0893. The Kier molecular flexibility index (Phi) is 6.69. The predicted octanol–water partition coefficient (Wildman–Crippen LogP) is 3.14. The molecule has 1 aromatic carbocycles. The van der Waals surface area contributed by atoms with Crippen molar-refractivity contribution in [2.75, 3.05) is 6.61 Å². The van der Waals surface area contributed by atoms with E-state index in [0.29, 0.717) is 17.2 Å². The maximum atomic E-state index is 11.7. The van der Waals surface area contributed by atoms with Crippen molar-refractivity contribution in [2.45, 2.75) is 45.7 Å². The van der Waals surface area contributed by atoms with Gasteiger partial charge in [0.2, 0.25) is 5.91 Å². The molecule has 1 rings (SSSR count). The predicted molar refractivity (Wildman–Crippen MR) is 89.0 cm³/mol. The monoisotopic (exact) mass is 342 g/mol. The molecule has 0 fully saturated rings. The van der Waals surface area contributed by atoms with Gasteiger partial charge in [-0.3, -0.25) is 4.79 Å². The first-order valence-corrected chi connectivity index (χ1v) is 7.76. The first-order chi connectivity index (χ1) is 10.7. The highest BCUT2D eigenvalue weighted by Crippen LogP contribution is 2.31. The van der Waals surface area contributed by atoms with Gasteiger partial charge in [0, 0.05) is 11.4 Å². The number of ether oxygens (including phenoxy) is 1. The van der Waals surface area contributed by atoms with E-state index >= 15 is 0 Å². The molecular formula is C16H23ClN2O4. The average molecular weight is 343 g/mol. The Bertz CT molecular complexity index is 575. The van der Waals surface area contributed by atoms with Crippen molar-refractivity contribution < 1.29 is 19.4 Å². The second-order valence-electron chi connectivity index (χ2n) is 5.83. The molecule has 0 radical (unpaired) electrons. The number of carbonyl (C=O) groups is 2. The van der Waals surface area contributed by atoms with E-state index in [1.165, 1.54) is 0 Å². The molecule has 0 aliphatic carbocycles. The number of benzene rings is 1. The van der Waals surface area contributed by atoms with E-state index in [1.54, 1.807) is 32.0 Å². The van der Waals surface area contributed by atoms with E-state index in [0.717, 1.165) is 5.56 Å². The van der Waals surface area contributed by atoms with Crippen molar-refractivity contribution in [1.29, 1.82) is 0 Å². The molecule has 0 saturated carbocycles. The normalized spacial score (nSPS) is 12.4. The summed E-state index contributed by atoms with van der Waals surface area (Å²) in [5, 5.41) is 14.4. The van der Waals surface area contributed by atoms with Gasteiger partial charge < -0.3 is 20.5 Å². The lowest BCUT2D eigenvalue weighted by Gasteiger charge is -2.28. The maximum absolute atomic E-state index is 11.7. The van der Waals surface area contributed by atoms with Crippen LogP contribution in [0.15, 0.2) is 18.2 Å². The summed E-state index contributed by atoms with van der Waals surface area (Å²) in [7, 11) is 0. The Morgan fingerprint density at radius 3 is 2.61 bits per heavy atom. The van der Waals surface area contributed by atoms with Crippen molar-refractivity contribution in [2.24, 2.45) is 0 Å². The summed E-state index contributed by atoms with van der Waals surface area (Å²) in [4.78, 5) is 22.2. The molecule has 2 amide bonds. The molecular weight excluding hydrogens is 320 g/mol. The number of halogens is 1. The maximum Gasteiger partial charge on any atom is 0.404 e. The summed E-state index contributed by atoms with van der Waals surface area (Å²) in [6.07, 6.45) is -0.711. The minimum absolute atomic E-state index is 0.0725. The molecule has 0 unspecified atom stereocenters. The van der Waals surface area contributed by atoms with Crippen LogP contribution in [0.1, 0.15) is 39.7 Å². The van der Waals surface area contributed by atoms with Crippen LogP contribution in [0.5, 0.6) is 5.75 Å². The zero-order chi connectivity index (χ0) is 17.6. The van der Waals surface area contributed by atoms with Gasteiger partial charge in [-0.05, 0) is 44.5 Å². The number of rotatable bonds is 7. The van der Waals surface area contributed by atoms with Crippen molar-refractivity contribution in [3.05, 3.63) is 28.8 Å². The third kappa shape index (κ3) is 5.98. The molecule has 0 heterocycles. The van der Waals surface area contributed by atoms with Crippen molar-refractivity contribution >= 4 is 23.6 Å². The van der Waals surface area contributed by atoms with Crippen LogP contribution in [-0.4, -0.2) is 29.8 Å². The second kappa shape index (κ2) is 8.06. The Hall–Kier alpha value is -1.95. The zero-order valence-corrected chi connectivity index (χ0v) is 14.5. The fourth-order valence-electron chi connectivity index (χ4n) is 2.05. The van der Waals surface area contributed by atoms with Gasteiger partial charge in [0.25, 0.3) is 0 Å². The van der Waals surface area contributed by atoms with Gasteiger partial charge in [0.05, 0.1) is 11.6 Å².